The minimum Gasteiger partial charge on any atom is -0.351 e. The van der Waals surface area contributed by atoms with E-state index in [4.69, 9.17) is 0 Å². The molecule has 0 atom stereocenters. The van der Waals surface area contributed by atoms with Gasteiger partial charge in [-0.2, -0.15) is 0 Å². The van der Waals surface area contributed by atoms with Crippen LogP contribution in [0.5, 0.6) is 0 Å². The molecule has 3 nitrogen and oxygen atoms in total. The molecule has 3 rings (SSSR count). The van der Waals surface area contributed by atoms with Gasteiger partial charge in [-0.15, -0.1) is 0 Å². The van der Waals surface area contributed by atoms with Crippen LogP contribution < -0.4 is 16.2 Å². The second-order valence-corrected chi connectivity index (χ2v) is 6.56. The normalized spacial score (nSPS) is 11.2. The second-order valence-electron chi connectivity index (χ2n) is 6.56. The zero-order valence-electron chi connectivity index (χ0n) is 14.4. The van der Waals surface area contributed by atoms with E-state index in [1.165, 1.54) is 5.56 Å². The molecule has 0 aliphatic rings. The van der Waals surface area contributed by atoms with Gasteiger partial charge in [0.15, 0.2) is 0 Å². The van der Waals surface area contributed by atoms with Crippen molar-refractivity contribution < 1.29 is 0 Å². The lowest BCUT2D eigenvalue weighted by atomic mass is 9.95. The maximum atomic E-state index is 12.1. The van der Waals surface area contributed by atoms with Crippen LogP contribution in [-0.4, -0.2) is 0 Å². The van der Waals surface area contributed by atoms with E-state index >= 15 is 0 Å². The van der Waals surface area contributed by atoms with Gasteiger partial charge in [0.05, 0.1) is 5.56 Å². The molecule has 0 aliphatic heterocycles. The first-order valence-corrected chi connectivity index (χ1v) is 8.17. The maximum Gasteiger partial charge on any atom is 0.250 e. The van der Waals surface area contributed by atoms with Crippen molar-refractivity contribution in [3.05, 3.63) is 79.6 Å². The standard InChI is InChI=1S/C21H21NO2/c1-12(2)15-8-10-16(11-9-15)18-19(21(24)20(18)23)22-17-7-5-6-13(3)14(17)4/h5-12,22H,1-4H3. The smallest absolute Gasteiger partial charge is 0.250 e. The average Bonchev–Trinajstić information content (AvgIpc) is 2.58. The Labute approximate surface area is 141 Å². The van der Waals surface area contributed by atoms with Crippen LogP contribution >= 0.6 is 0 Å². The van der Waals surface area contributed by atoms with Crippen molar-refractivity contribution in [2.45, 2.75) is 33.6 Å². The lowest BCUT2D eigenvalue weighted by molar-refractivity contribution is 0.867. The summed E-state index contributed by atoms with van der Waals surface area (Å²) in [6.07, 6.45) is 0. The summed E-state index contributed by atoms with van der Waals surface area (Å²) in [5, 5.41) is 3.16. The summed E-state index contributed by atoms with van der Waals surface area (Å²) in [5.74, 6) is 0.430. The van der Waals surface area contributed by atoms with E-state index in [2.05, 4.69) is 19.2 Å². The predicted molar refractivity (Wildman–Crippen MR) is 100 cm³/mol. The van der Waals surface area contributed by atoms with Gasteiger partial charge < -0.3 is 5.32 Å². The molecule has 0 heterocycles. The van der Waals surface area contributed by atoms with E-state index in [1.807, 2.05) is 56.3 Å². The summed E-state index contributed by atoms with van der Waals surface area (Å²) in [6.45, 7) is 8.27. The highest BCUT2D eigenvalue weighted by Gasteiger charge is 2.22. The van der Waals surface area contributed by atoms with Crippen molar-refractivity contribution in [2.75, 3.05) is 5.32 Å². The van der Waals surface area contributed by atoms with Gasteiger partial charge in [0.25, 0.3) is 5.43 Å². The van der Waals surface area contributed by atoms with E-state index in [0.29, 0.717) is 17.2 Å². The molecule has 0 fully saturated rings. The number of anilines is 2. The van der Waals surface area contributed by atoms with Gasteiger partial charge in [0, 0.05) is 5.69 Å². The van der Waals surface area contributed by atoms with Gasteiger partial charge in [0.2, 0.25) is 5.43 Å². The summed E-state index contributed by atoms with van der Waals surface area (Å²) in [7, 11) is 0. The Kier molecular flexibility index (Phi) is 4.10. The first kappa shape index (κ1) is 16.2. The van der Waals surface area contributed by atoms with Crippen LogP contribution in [0.3, 0.4) is 0 Å². The van der Waals surface area contributed by atoms with Gasteiger partial charge >= 0.3 is 0 Å². The Morgan fingerprint density at radius 2 is 1.54 bits per heavy atom. The molecule has 24 heavy (non-hydrogen) atoms. The summed E-state index contributed by atoms with van der Waals surface area (Å²) in [6, 6.07) is 13.7. The molecule has 3 aromatic carbocycles. The topological polar surface area (TPSA) is 46.2 Å². The first-order valence-electron chi connectivity index (χ1n) is 8.17. The zero-order valence-corrected chi connectivity index (χ0v) is 14.4. The fourth-order valence-electron chi connectivity index (χ4n) is 2.84. The number of nitrogens with one attached hydrogen (secondary N) is 1. The number of hydrogen-bond donors (Lipinski definition) is 1. The lowest BCUT2D eigenvalue weighted by Crippen LogP contribution is -2.35. The third kappa shape index (κ3) is 2.67. The Hall–Kier alpha value is -2.68. The van der Waals surface area contributed by atoms with Crippen molar-refractivity contribution >= 4 is 11.4 Å². The summed E-state index contributed by atoms with van der Waals surface area (Å²) < 4.78 is 0. The molecular formula is C21H21NO2. The minimum atomic E-state index is -0.446. The van der Waals surface area contributed by atoms with E-state index in [9.17, 15) is 9.59 Å². The van der Waals surface area contributed by atoms with Gasteiger partial charge in [-0.25, -0.2) is 0 Å². The van der Waals surface area contributed by atoms with Crippen LogP contribution in [0.1, 0.15) is 36.5 Å². The van der Waals surface area contributed by atoms with E-state index in [1.54, 1.807) is 0 Å². The average molecular weight is 319 g/mol. The zero-order chi connectivity index (χ0) is 17.4. The van der Waals surface area contributed by atoms with Crippen LogP contribution in [0.4, 0.5) is 11.4 Å². The predicted octanol–water partition coefficient (Wildman–Crippen LogP) is 4.43. The summed E-state index contributed by atoms with van der Waals surface area (Å²) in [5.41, 5.74) is 5.09. The molecule has 0 saturated heterocycles. The molecule has 0 unspecified atom stereocenters. The van der Waals surface area contributed by atoms with Crippen molar-refractivity contribution in [3.63, 3.8) is 0 Å². The second kappa shape index (κ2) is 6.08. The van der Waals surface area contributed by atoms with Crippen molar-refractivity contribution in [1.82, 2.24) is 0 Å². The maximum absolute atomic E-state index is 12.1. The van der Waals surface area contributed by atoms with Crippen LogP contribution in [0.15, 0.2) is 52.1 Å². The third-order valence-electron chi connectivity index (χ3n) is 4.64. The fraction of sp³-hybridized carbons (Fsp3) is 0.238. The molecule has 1 N–H and O–H groups in total. The lowest BCUT2D eigenvalue weighted by Gasteiger charge is -2.16. The fourth-order valence-corrected chi connectivity index (χ4v) is 2.84. The molecule has 0 spiro atoms. The molecule has 3 aromatic rings. The first-order chi connectivity index (χ1) is 11.4. The molecular weight excluding hydrogens is 298 g/mol. The molecule has 0 amide bonds. The molecule has 3 heteroatoms. The van der Waals surface area contributed by atoms with E-state index in [-0.39, 0.29) is 0 Å². The highest BCUT2D eigenvalue weighted by molar-refractivity contribution is 5.85. The number of rotatable bonds is 4. The Morgan fingerprint density at radius 3 is 2.17 bits per heavy atom. The quantitative estimate of drug-likeness (QED) is 0.723. The molecule has 0 aliphatic carbocycles. The summed E-state index contributed by atoms with van der Waals surface area (Å²) in [4.78, 5) is 24.1. The highest BCUT2D eigenvalue weighted by atomic mass is 16.2. The highest BCUT2D eigenvalue weighted by Crippen LogP contribution is 2.29. The van der Waals surface area contributed by atoms with Crippen molar-refractivity contribution in [3.8, 4) is 11.1 Å². The van der Waals surface area contributed by atoms with Crippen LogP contribution in [0.2, 0.25) is 0 Å². The molecule has 0 radical (unpaired) electrons. The molecule has 0 aromatic heterocycles. The van der Waals surface area contributed by atoms with Crippen LogP contribution in [-0.2, 0) is 0 Å². The largest absolute Gasteiger partial charge is 0.351 e. The Balaban J connectivity index is 2.00. The van der Waals surface area contributed by atoms with E-state index < -0.39 is 10.9 Å². The number of benzene rings is 2. The van der Waals surface area contributed by atoms with Gasteiger partial charge in [0.1, 0.15) is 5.69 Å². The molecule has 122 valence electrons. The van der Waals surface area contributed by atoms with Gasteiger partial charge in [-0.1, -0.05) is 50.2 Å². The van der Waals surface area contributed by atoms with Crippen molar-refractivity contribution in [1.29, 1.82) is 0 Å². The molecule has 0 saturated carbocycles. The van der Waals surface area contributed by atoms with Gasteiger partial charge in [-0.3, -0.25) is 9.59 Å². The number of hydrogen-bond acceptors (Lipinski definition) is 3. The number of aryl methyl sites for hydroxylation is 1. The molecule has 0 bridgehead atoms. The third-order valence-corrected chi connectivity index (χ3v) is 4.64. The van der Waals surface area contributed by atoms with Crippen LogP contribution in [0, 0.1) is 13.8 Å². The SMILES string of the molecule is Cc1cccc(Nc2c(-c3ccc(C(C)C)cc3)c(=O)c2=O)c1C. The van der Waals surface area contributed by atoms with E-state index in [0.717, 1.165) is 22.4 Å². The minimum absolute atomic E-state index is 0.394. The monoisotopic (exact) mass is 319 g/mol. The Bertz CT molecular complexity index is 959. The van der Waals surface area contributed by atoms with Crippen molar-refractivity contribution in [2.24, 2.45) is 0 Å². The summed E-state index contributed by atoms with van der Waals surface area (Å²) >= 11 is 0. The Morgan fingerprint density at radius 1 is 0.875 bits per heavy atom. The van der Waals surface area contributed by atoms with Crippen LogP contribution in [0.25, 0.3) is 11.1 Å². The van der Waals surface area contributed by atoms with Gasteiger partial charge in [-0.05, 0) is 48.1 Å².